The number of aromatic nitrogens is 3. The first-order chi connectivity index (χ1) is 15.9. The van der Waals surface area contributed by atoms with Gasteiger partial charge < -0.3 is 5.32 Å². The first kappa shape index (κ1) is 24.1. The summed E-state index contributed by atoms with van der Waals surface area (Å²) < 4.78 is 15.4. The van der Waals surface area contributed by atoms with E-state index in [1.165, 1.54) is 11.9 Å². The maximum absolute atomic E-state index is 14.0. The van der Waals surface area contributed by atoms with E-state index >= 15 is 0 Å². The van der Waals surface area contributed by atoms with Gasteiger partial charge in [0.1, 0.15) is 17.8 Å². The topological polar surface area (TPSA) is 59.8 Å². The Morgan fingerprint density at radius 2 is 1.79 bits per heavy atom. The number of benzene rings is 2. The summed E-state index contributed by atoms with van der Waals surface area (Å²) >= 11 is 3.99. The van der Waals surface area contributed by atoms with Crippen LogP contribution < -0.4 is 10.9 Å². The van der Waals surface area contributed by atoms with Crippen LogP contribution >= 0.6 is 45.2 Å². The number of hydrogen-bond acceptors (Lipinski definition) is 4. The summed E-state index contributed by atoms with van der Waals surface area (Å²) in [6, 6.07) is 17.6. The van der Waals surface area contributed by atoms with Gasteiger partial charge in [-0.3, -0.25) is 9.36 Å². The largest absolute Gasteiger partial charge is 0.363 e. The summed E-state index contributed by atoms with van der Waals surface area (Å²) in [5.41, 5.74) is 4.10. The third-order valence-corrected chi connectivity index (χ3v) is 7.63. The summed E-state index contributed by atoms with van der Waals surface area (Å²) in [6.45, 7) is 2.02. The van der Waals surface area contributed by atoms with Crippen molar-refractivity contribution in [2.75, 3.05) is 5.32 Å². The Morgan fingerprint density at radius 1 is 1.06 bits per heavy atom. The van der Waals surface area contributed by atoms with Gasteiger partial charge in [0.15, 0.2) is 4.18 Å². The van der Waals surface area contributed by atoms with Gasteiger partial charge in [-0.25, -0.2) is 14.4 Å². The zero-order chi connectivity index (χ0) is 23.5. The molecule has 0 bridgehead atoms. The summed E-state index contributed by atoms with van der Waals surface area (Å²) in [5, 5.41) is 4.25. The maximum Gasteiger partial charge on any atom is 0.255 e. The number of rotatable bonds is 7. The molecule has 0 saturated carbocycles. The fraction of sp³-hybridized carbons (Fsp3) is 0.240. The van der Waals surface area contributed by atoms with E-state index in [2.05, 4.69) is 50.0 Å². The molecule has 1 N–H and O–H groups in total. The van der Waals surface area contributed by atoms with Crippen LogP contribution in [0.25, 0.3) is 11.0 Å². The van der Waals surface area contributed by atoms with Crippen molar-refractivity contribution in [2.45, 2.75) is 30.0 Å². The third kappa shape index (κ3) is 5.21. The number of halogens is 3. The average molecular weight is 668 g/mol. The molecular formula is C25H23FI2N4O. The van der Waals surface area contributed by atoms with Crippen LogP contribution in [0.4, 0.5) is 10.2 Å². The van der Waals surface area contributed by atoms with E-state index in [-0.39, 0.29) is 11.6 Å². The van der Waals surface area contributed by atoms with Gasteiger partial charge in [-0.2, -0.15) is 0 Å². The molecule has 2 heterocycles. The molecule has 4 aromatic rings. The number of aryl methyl sites for hydroxylation is 3. The van der Waals surface area contributed by atoms with Gasteiger partial charge in [-0.1, -0.05) is 48.5 Å². The molecule has 0 aliphatic heterocycles. The Kier molecular flexibility index (Phi) is 7.62. The molecule has 1 unspecified atom stereocenters. The minimum absolute atomic E-state index is 0.0468. The smallest absolute Gasteiger partial charge is 0.255 e. The fourth-order valence-electron chi connectivity index (χ4n) is 3.91. The molecule has 0 spiro atoms. The van der Waals surface area contributed by atoms with Crippen molar-refractivity contribution in [3.8, 4) is 0 Å². The Bertz CT molecular complexity index is 1340. The summed E-state index contributed by atoms with van der Waals surface area (Å²) in [5.74, 6) is 0.650. The molecule has 2 aromatic carbocycles. The first-order valence-electron chi connectivity index (χ1n) is 10.6. The zero-order valence-corrected chi connectivity index (χ0v) is 22.5. The second-order valence-corrected chi connectivity index (χ2v) is 10.1. The number of alkyl halides is 2. The summed E-state index contributed by atoms with van der Waals surface area (Å²) in [6.07, 6.45) is 2.87. The second kappa shape index (κ2) is 10.5. The number of nitrogens with one attached hydrogen (secondary N) is 1. The standard InChI is InChI=1S/C25H23FI2N4O/c1-15(18-9-6-10-19(21(18)27)22(26)28)31-23-20-13-17(12-11-16-7-4-3-5-8-16)25(33)32(2)24(20)30-14-29-23/h3-10,13-15,22H,11-12H2,1-2H3,(H,29,30,31)/t15-,22?/m1/s1. The highest BCUT2D eigenvalue weighted by Gasteiger charge is 2.18. The van der Waals surface area contributed by atoms with Crippen LogP contribution in [0.3, 0.4) is 0 Å². The second-order valence-electron chi connectivity index (χ2n) is 7.90. The van der Waals surface area contributed by atoms with Gasteiger partial charge in [0, 0.05) is 21.7 Å². The van der Waals surface area contributed by atoms with Crippen LogP contribution in [-0.2, 0) is 19.9 Å². The van der Waals surface area contributed by atoms with E-state index in [1.807, 2.05) is 49.4 Å². The van der Waals surface area contributed by atoms with Crippen molar-refractivity contribution in [1.29, 1.82) is 0 Å². The summed E-state index contributed by atoms with van der Waals surface area (Å²) in [4.78, 5) is 21.8. The lowest BCUT2D eigenvalue weighted by Gasteiger charge is -2.20. The summed E-state index contributed by atoms with van der Waals surface area (Å²) in [7, 11) is 1.74. The maximum atomic E-state index is 14.0. The van der Waals surface area contributed by atoms with Gasteiger partial charge in [0.25, 0.3) is 5.56 Å². The third-order valence-electron chi connectivity index (χ3n) is 5.72. The van der Waals surface area contributed by atoms with Crippen molar-refractivity contribution >= 4 is 62.0 Å². The number of anilines is 1. The number of hydrogen-bond donors (Lipinski definition) is 1. The number of fused-ring (bicyclic) bond motifs is 1. The van der Waals surface area contributed by atoms with E-state index in [1.54, 1.807) is 34.2 Å². The van der Waals surface area contributed by atoms with E-state index in [4.69, 9.17) is 0 Å². The van der Waals surface area contributed by atoms with Crippen LogP contribution in [0.5, 0.6) is 0 Å². The highest BCUT2D eigenvalue weighted by molar-refractivity contribution is 14.1. The fourth-order valence-corrected chi connectivity index (χ4v) is 6.12. The molecule has 0 amide bonds. The minimum atomic E-state index is -1.07. The van der Waals surface area contributed by atoms with Gasteiger partial charge in [0.2, 0.25) is 0 Å². The molecule has 0 aliphatic rings. The van der Waals surface area contributed by atoms with Crippen molar-refractivity contribution in [3.63, 3.8) is 0 Å². The van der Waals surface area contributed by atoms with Crippen LogP contribution in [0.1, 0.15) is 39.4 Å². The van der Waals surface area contributed by atoms with Crippen molar-refractivity contribution in [2.24, 2.45) is 7.05 Å². The Balaban J connectivity index is 1.69. The van der Waals surface area contributed by atoms with Gasteiger partial charge >= 0.3 is 0 Å². The molecule has 0 radical (unpaired) electrons. The SMILES string of the molecule is C[C@@H](Nc1ncnc2c1cc(CCc1ccccc1)c(=O)n2C)c1cccc(C(F)I)c1I. The van der Waals surface area contributed by atoms with E-state index in [0.717, 1.165) is 26.5 Å². The van der Waals surface area contributed by atoms with Crippen LogP contribution in [0, 0.1) is 3.57 Å². The van der Waals surface area contributed by atoms with Crippen molar-refractivity contribution < 1.29 is 4.39 Å². The average Bonchev–Trinajstić information content (AvgIpc) is 2.81. The lowest BCUT2D eigenvalue weighted by molar-refractivity contribution is 0.488. The molecule has 0 aliphatic carbocycles. The van der Waals surface area contributed by atoms with E-state index in [0.29, 0.717) is 23.4 Å². The highest BCUT2D eigenvalue weighted by atomic mass is 127. The normalized spacial score (nSPS) is 13.1. The molecule has 8 heteroatoms. The van der Waals surface area contributed by atoms with Crippen LogP contribution in [0.15, 0.2) is 65.7 Å². The Morgan fingerprint density at radius 3 is 2.52 bits per heavy atom. The number of nitrogens with zero attached hydrogens (tertiary/aromatic N) is 3. The zero-order valence-electron chi connectivity index (χ0n) is 18.2. The van der Waals surface area contributed by atoms with Gasteiger partial charge in [-0.15, -0.1) is 0 Å². The molecule has 4 rings (SSSR count). The van der Waals surface area contributed by atoms with E-state index < -0.39 is 4.18 Å². The monoisotopic (exact) mass is 668 g/mol. The molecule has 2 atom stereocenters. The Labute approximate surface area is 219 Å². The molecule has 33 heavy (non-hydrogen) atoms. The Hall–Kier alpha value is -2.08. The molecule has 0 fully saturated rings. The van der Waals surface area contributed by atoms with Crippen LogP contribution in [0.2, 0.25) is 0 Å². The molecular weight excluding hydrogens is 645 g/mol. The highest BCUT2D eigenvalue weighted by Crippen LogP contribution is 2.34. The predicted molar refractivity (Wildman–Crippen MR) is 148 cm³/mol. The van der Waals surface area contributed by atoms with Crippen molar-refractivity contribution in [3.05, 3.63) is 97.1 Å². The molecule has 170 valence electrons. The number of pyridine rings is 1. The lowest BCUT2D eigenvalue weighted by Crippen LogP contribution is -2.23. The minimum Gasteiger partial charge on any atom is -0.363 e. The molecule has 2 aromatic heterocycles. The van der Waals surface area contributed by atoms with Crippen molar-refractivity contribution in [1.82, 2.24) is 14.5 Å². The van der Waals surface area contributed by atoms with Gasteiger partial charge in [-0.05, 0) is 82.1 Å². The molecule has 0 saturated heterocycles. The quantitative estimate of drug-likeness (QED) is 0.186. The molecule has 5 nitrogen and oxygen atoms in total. The van der Waals surface area contributed by atoms with Crippen LogP contribution in [-0.4, -0.2) is 14.5 Å². The predicted octanol–water partition coefficient (Wildman–Crippen LogP) is 6.29. The van der Waals surface area contributed by atoms with E-state index in [9.17, 15) is 9.18 Å². The lowest BCUT2D eigenvalue weighted by atomic mass is 10.0. The van der Waals surface area contributed by atoms with Gasteiger partial charge in [0.05, 0.1) is 11.4 Å². The first-order valence-corrected chi connectivity index (χ1v) is 12.9.